The number of hydrogen-bond acceptors (Lipinski definition) is 6. The highest BCUT2D eigenvalue weighted by atomic mass is 32.2. The van der Waals surface area contributed by atoms with Crippen molar-refractivity contribution in [2.24, 2.45) is 5.73 Å². The van der Waals surface area contributed by atoms with Crippen LogP contribution in [-0.2, 0) is 4.79 Å². The third-order valence-electron chi connectivity index (χ3n) is 5.27. The van der Waals surface area contributed by atoms with Crippen LogP contribution in [0.3, 0.4) is 0 Å². The minimum absolute atomic E-state index is 0.0524. The van der Waals surface area contributed by atoms with E-state index in [-0.39, 0.29) is 18.0 Å². The normalized spacial score (nSPS) is 19.8. The predicted molar refractivity (Wildman–Crippen MR) is 140 cm³/mol. The van der Waals surface area contributed by atoms with Gasteiger partial charge in [-0.2, -0.15) is 11.8 Å². The molecule has 1 amide bonds. The topological polar surface area (TPSA) is 91.2 Å². The molecule has 7 heteroatoms. The van der Waals surface area contributed by atoms with Gasteiger partial charge in [0.05, 0.1) is 12.1 Å². The molecule has 0 radical (unpaired) electrons. The molecule has 0 aromatic rings. The average Bonchev–Trinajstić information content (AvgIpc) is 2.80. The molecule has 0 aliphatic carbocycles. The molecule has 1 aliphatic rings. The maximum Gasteiger partial charge on any atom is 0.237 e. The first-order chi connectivity index (χ1) is 15.2. The summed E-state index contributed by atoms with van der Waals surface area (Å²) < 4.78 is 0. The minimum atomic E-state index is -0.311. The van der Waals surface area contributed by atoms with Gasteiger partial charge in [-0.3, -0.25) is 4.79 Å². The van der Waals surface area contributed by atoms with Crippen molar-refractivity contribution in [3.8, 4) is 0 Å². The Labute approximate surface area is 199 Å². The molecule has 0 saturated heterocycles. The molecule has 1 rings (SSSR count). The van der Waals surface area contributed by atoms with Crippen molar-refractivity contribution in [2.75, 3.05) is 18.6 Å². The number of carbonyl (C=O) groups excluding carboxylic acids is 1. The number of likely N-dealkylation sites (N-methyl/N-ethyl adjacent to an activating group) is 1. The molecule has 6 nitrogen and oxygen atoms in total. The molecule has 180 valence electrons. The summed E-state index contributed by atoms with van der Waals surface area (Å²) in [6.07, 6.45) is 12.2. The first kappa shape index (κ1) is 27.9. The van der Waals surface area contributed by atoms with E-state index in [9.17, 15) is 4.79 Å². The van der Waals surface area contributed by atoms with Crippen LogP contribution in [0.1, 0.15) is 59.3 Å². The number of hydrazine groups is 1. The third kappa shape index (κ3) is 12.1. The molecule has 1 aliphatic heterocycles. The average molecular weight is 462 g/mol. The number of hydrogen-bond donors (Lipinski definition) is 5. The van der Waals surface area contributed by atoms with Gasteiger partial charge in [0, 0.05) is 28.6 Å². The van der Waals surface area contributed by atoms with E-state index in [0.717, 1.165) is 48.6 Å². The van der Waals surface area contributed by atoms with Gasteiger partial charge >= 0.3 is 0 Å². The molecule has 32 heavy (non-hydrogen) atoms. The summed E-state index contributed by atoms with van der Waals surface area (Å²) in [5.41, 5.74) is 17.4. The van der Waals surface area contributed by atoms with Crippen LogP contribution < -0.4 is 27.2 Å². The Balaban J connectivity index is 2.53. The van der Waals surface area contributed by atoms with Crippen molar-refractivity contribution in [1.29, 1.82) is 0 Å². The molecule has 0 aromatic heterocycles. The molecule has 0 saturated carbocycles. The lowest BCUT2D eigenvalue weighted by Crippen LogP contribution is -2.50. The third-order valence-corrected chi connectivity index (χ3v) is 6.24. The van der Waals surface area contributed by atoms with Gasteiger partial charge in [-0.1, -0.05) is 42.5 Å². The number of carbonyl (C=O) groups is 1. The lowest BCUT2D eigenvalue weighted by atomic mass is 10.1. The van der Waals surface area contributed by atoms with Crippen LogP contribution >= 0.6 is 11.8 Å². The fourth-order valence-corrected chi connectivity index (χ4v) is 4.19. The Kier molecular flexibility index (Phi) is 13.6. The molecule has 6 N–H and O–H groups in total. The van der Waals surface area contributed by atoms with E-state index in [1.807, 2.05) is 0 Å². The minimum Gasteiger partial charge on any atom is -0.403 e. The standard InChI is InChI=1S/C25H43N5OS/c1-18(2)9-7-10-19(3)11-8-12-22-15-16-32-17-24(21(5)29-30-22)28-25(31)23(27-6)14-13-20(4)26/h9,11,15,23-24,27,29-30H,4-5,7-8,10,12-14,16-17,26H2,1-3,6H3,(H,28,31)/b19-11+,22-15-. The van der Waals surface area contributed by atoms with Crippen LogP contribution in [0.4, 0.5) is 0 Å². The van der Waals surface area contributed by atoms with Crippen molar-refractivity contribution < 1.29 is 4.79 Å². The second-order valence-corrected chi connectivity index (χ2v) is 9.63. The summed E-state index contributed by atoms with van der Waals surface area (Å²) >= 11 is 1.78. The lowest BCUT2D eigenvalue weighted by Gasteiger charge is -2.25. The first-order valence-corrected chi connectivity index (χ1v) is 12.6. The van der Waals surface area contributed by atoms with Crippen LogP contribution in [0, 0.1) is 0 Å². The maximum absolute atomic E-state index is 12.7. The Morgan fingerprint density at radius 1 is 1.28 bits per heavy atom. The fraction of sp³-hybridized carbons (Fsp3) is 0.560. The van der Waals surface area contributed by atoms with Crippen LogP contribution in [0.5, 0.6) is 0 Å². The summed E-state index contributed by atoms with van der Waals surface area (Å²) in [5.74, 6) is 1.59. The lowest BCUT2D eigenvalue weighted by molar-refractivity contribution is -0.123. The van der Waals surface area contributed by atoms with E-state index in [0.29, 0.717) is 18.5 Å². The molecule has 1 heterocycles. The molecule has 2 atom stereocenters. The molecule has 0 aromatic carbocycles. The van der Waals surface area contributed by atoms with Gasteiger partial charge < -0.3 is 27.2 Å². The molecule has 0 spiro atoms. The van der Waals surface area contributed by atoms with Crippen LogP contribution in [0.15, 0.2) is 59.6 Å². The Bertz CT molecular complexity index is 722. The highest BCUT2D eigenvalue weighted by molar-refractivity contribution is 7.99. The second-order valence-electron chi connectivity index (χ2n) is 8.55. The number of rotatable bonds is 12. The summed E-state index contributed by atoms with van der Waals surface area (Å²) in [6, 6.07) is -0.476. The molecular weight excluding hydrogens is 418 g/mol. The summed E-state index contributed by atoms with van der Waals surface area (Å²) in [4.78, 5) is 12.7. The maximum atomic E-state index is 12.7. The number of thioether (sulfide) groups is 1. The molecule has 0 fully saturated rings. The first-order valence-electron chi connectivity index (χ1n) is 11.4. The Hall–Kier alpha value is -2.12. The number of amides is 1. The largest absolute Gasteiger partial charge is 0.403 e. The van der Waals surface area contributed by atoms with Gasteiger partial charge in [0.25, 0.3) is 0 Å². The second kappa shape index (κ2) is 15.6. The van der Waals surface area contributed by atoms with Crippen LogP contribution in [-0.4, -0.2) is 36.5 Å². The van der Waals surface area contributed by atoms with Crippen LogP contribution in [0.25, 0.3) is 0 Å². The van der Waals surface area contributed by atoms with Crippen molar-refractivity contribution in [2.45, 2.75) is 71.4 Å². The van der Waals surface area contributed by atoms with Crippen molar-refractivity contribution in [1.82, 2.24) is 21.5 Å². The van der Waals surface area contributed by atoms with E-state index in [1.165, 1.54) is 11.1 Å². The zero-order valence-corrected chi connectivity index (χ0v) is 21.2. The van der Waals surface area contributed by atoms with E-state index >= 15 is 0 Å². The smallest absolute Gasteiger partial charge is 0.237 e. The summed E-state index contributed by atoms with van der Waals surface area (Å²) in [5, 5.41) is 6.17. The zero-order valence-electron chi connectivity index (χ0n) is 20.4. The predicted octanol–water partition coefficient (Wildman–Crippen LogP) is 4.02. The van der Waals surface area contributed by atoms with Crippen molar-refractivity contribution in [3.05, 3.63) is 59.6 Å². The van der Waals surface area contributed by atoms with E-state index in [1.54, 1.807) is 18.8 Å². The summed E-state index contributed by atoms with van der Waals surface area (Å²) in [6.45, 7) is 14.3. The van der Waals surface area contributed by atoms with E-state index in [4.69, 9.17) is 5.73 Å². The Morgan fingerprint density at radius 3 is 2.69 bits per heavy atom. The van der Waals surface area contributed by atoms with Gasteiger partial charge in [-0.05, 0) is 66.3 Å². The quantitative estimate of drug-likeness (QED) is 0.282. The van der Waals surface area contributed by atoms with E-state index < -0.39 is 0 Å². The zero-order chi connectivity index (χ0) is 23.9. The van der Waals surface area contributed by atoms with Crippen molar-refractivity contribution >= 4 is 17.7 Å². The number of nitrogens with two attached hydrogens (primary N) is 1. The number of allylic oxidation sites excluding steroid dienone is 6. The van der Waals surface area contributed by atoms with Gasteiger partial charge in [0.15, 0.2) is 0 Å². The molecule has 2 unspecified atom stereocenters. The molecular formula is C25H43N5OS. The van der Waals surface area contributed by atoms with Gasteiger partial charge in [0.1, 0.15) is 0 Å². The number of nitrogens with one attached hydrogen (secondary N) is 4. The highest BCUT2D eigenvalue weighted by Gasteiger charge is 2.22. The van der Waals surface area contributed by atoms with Gasteiger partial charge in [-0.25, -0.2) is 0 Å². The monoisotopic (exact) mass is 461 g/mol. The van der Waals surface area contributed by atoms with Gasteiger partial charge in [-0.15, -0.1) is 0 Å². The molecule has 0 bridgehead atoms. The Morgan fingerprint density at radius 2 is 2.03 bits per heavy atom. The van der Waals surface area contributed by atoms with Crippen LogP contribution in [0.2, 0.25) is 0 Å². The highest BCUT2D eigenvalue weighted by Crippen LogP contribution is 2.15. The summed E-state index contributed by atoms with van der Waals surface area (Å²) in [7, 11) is 1.78. The fourth-order valence-electron chi connectivity index (χ4n) is 3.21. The van der Waals surface area contributed by atoms with Crippen molar-refractivity contribution in [3.63, 3.8) is 0 Å². The van der Waals surface area contributed by atoms with Gasteiger partial charge in [0.2, 0.25) is 5.91 Å². The SMILES string of the molecule is C=C(N)CCC(NC)C(=O)NC1CSC/C=C(/CC/C=C(\C)CCC=C(C)C)NNC1=C. The van der Waals surface area contributed by atoms with E-state index in [2.05, 4.69) is 73.6 Å².